The van der Waals surface area contributed by atoms with Crippen LogP contribution in [0.4, 0.5) is 10.9 Å². The van der Waals surface area contributed by atoms with Crippen molar-refractivity contribution in [1.82, 2.24) is 19.8 Å². The standard InChI is InChI=1S/C24H26N6O2S/c1-29(15-16-32-18-7-3-2-4-8-18)23(31)20-17-33-24(27-20)28-22-11-5-9-19(26-22)21-10-6-13-30(21)14-12-25/h2-5,7-9,11,17,21H,6,10,13-16H2,1H3,(H,26,27,28). The Balaban J connectivity index is 1.33. The van der Waals surface area contributed by atoms with E-state index in [9.17, 15) is 4.79 Å². The summed E-state index contributed by atoms with van der Waals surface area (Å²) in [5.41, 5.74) is 1.33. The molecule has 0 spiro atoms. The fraction of sp³-hybridized carbons (Fsp3) is 0.333. The number of aromatic nitrogens is 2. The van der Waals surface area contributed by atoms with Gasteiger partial charge in [0.2, 0.25) is 0 Å². The number of likely N-dealkylation sites (tertiary alicyclic amines) is 1. The molecule has 1 amide bonds. The lowest BCUT2D eigenvalue weighted by molar-refractivity contribution is 0.0769. The number of nitrogens with one attached hydrogen (secondary N) is 1. The van der Waals surface area contributed by atoms with Gasteiger partial charge < -0.3 is 15.0 Å². The molecule has 1 aliphatic rings. The Morgan fingerprint density at radius 1 is 1.27 bits per heavy atom. The number of carbonyl (C=O) groups excluding carboxylic acids is 1. The van der Waals surface area contributed by atoms with Crippen molar-refractivity contribution in [2.24, 2.45) is 0 Å². The predicted octanol–water partition coefficient (Wildman–Crippen LogP) is 4.09. The van der Waals surface area contributed by atoms with Crippen LogP contribution in [0.1, 0.15) is 35.1 Å². The van der Waals surface area contributed by atoms with E-state index in [2.05, 4.69) is 21.3 Å². The molecule has 3 heterocycles. The molecule has 0 bridgehead atoms. The molecule has 0 radical (unpaired) electrons. The molecule has 8 nitrogen and oxygen atoms in total. The molecule has 1 saturated heterocycles. The van der Waals surface area contributed by atoms with Gasteiger partial charge in [0.15, 0.2) is 5.13 Å². The van der Waals surface area contributed by atoms with Crippen LogP contribution in [-0.2, 0) is 0 Å². The van der Waals surface area contributed by atoms with E-state index in [1.807, 2.05) is 48.5 Å². The van der Waals surface area contributed by atoms with Crippen molar-refractivity contribution in [2.45, 2.75) is 18.9 Å². The topological polar surface area (TPSA) is 94.4 Å². The SMILES string of the molecule is CN(CCOc1ccccc1)C(=O)c1csc(Nc2cccc(C3CCCN3CC#N)n2)n1. The number of nitrogens with zero attached hydrogens (tertiary/aromatic N) is 5. The fourth-order valence-corrected chi connectivity index (χ4v) is 4.49. The van der Waals surface area contributed by atoms with Gasteiger partial charge in [0.1, 0.15) is 23.9 Å². The Hall–Kier alpha value is -3.48. The third-order valence-electron chi connectivity index (χ3n) is 5.49. The molecule has 3 aromatic rings. The maximum Gasteiger partial charge on any atom is 0.273 e. The molecule has 2 aromatic heterocycles. The van der Waals surface area contributed by atoms with Gasteiger partial charge in [-0.25, -0.2) is 9.97 Å². The van der Waals surface area contributed by atoms with Crippen LogP contribution in [0.25, 0.3) is 0 Å². The first-order chi connectivity index (χ1) is 16.1. The number of pyridine rings is 1. The molecule has 170 valence electrons. The third-order valence-corrected chi connectivity index (χ3v) is 6.25. The van der Waals surface area contributed by atoms with Crippen molar-refractivity contribution in [2.75, 3.05) is 38.6 Å². The number of rotatable bonds is 9. The van der Waals surface area contributed by atoms with Crippen LogP contribution in [0.2, 0.25) is 0 Å². The molecule has 1 aromatic carbocycles. The molecule has 9 heteroatoms. The third kappa shape index (κ3) is 5.86. The van der Waals surface area contributed by atoms with Crippen molar-refractivity contribution in [1.29, 1.82) is 5.26 Å². The van der Waals surface area contributed by atoms with Crippen molar-refractivity contribution in [3.05, 3.63) is 65.3 Å². The Morgan fingerprint density at radius 2 is 2.12 bits per heavy atom. The lowest BCUT2D eigenvalue weighted by Crippen LogP contribution is -2.31. The Morgan fingerprint density at radius 3 is 2.94 bits per heavy atom. The number of nitriles is 1. The molecule has 1 fully saturated rings. The number of carbonyl (C=O) groups is 1. The number of hydrogen-bond acceptors (Lipinski definition) is 8. The van der Waals surface area contributed by atoms with Crippen molar-refractivity contribution in [3.8, 4) is 11.8 Å². The molecule has 33 heavy (non-hydrogen) atoms. The van der Waals surface area contributed by atoms with Crippen LogP contribution in [0.3, 0.4) is 0 Å². The number of likely N-dealkylation sites (N-methyl/N-ethyl adjacent to an activating group) is 1. The second kappa shape index (κ2) is 10.9. The minimum Gasteiger partial charge on any atom is -0.492 e. The van der Waals surface area contributed by atoms with Gasteiger partial charge in [0, 0.05) is 12.4 Å². The van der Waals surface area contributed by atoms with Gasteiger partial charge in [0.25, 0.3) is 5.91 Å². The van der Waals surface area contributed by atoms with Crippen molar-refractivity contribution >= 4 is 28.2 Å². The fourth-order valence-electron chi connectivity index (χ4n) is 3.80. The number of anilines is 2. The molecule has 0 aliphatic carbocycles. The van der Waals surface area contributed by atoms with E-state index in [1.54, 1.807) is 17.3 Å². The van der Waals surface area contributed by atoms with Gasteiger partial charge in [-0.3, -0.25) is 9.69 Å². The Bertz CT molecular complexity index is 1110. The normalized spacial score (nSPS) is 15.7. The summed E-state index contributed by atoms with van der Waals surface area (Å²) in [6, 6.07) is 17.7. The van der Waals surface area contributed by atoms with E-state index in [0.717, 1.165) is 30.8 Å². The van der Waals surface area contributed by atoms with Crippen molar-refractivity contribution < 1.29 is 9.53 Å². The van der Waals surface area contributed by atoms with E-state index in [4.69, 9.17) is 15.0 Å². The summed E-state index contributed by atoms with van der Waals surface area (Å²) in [4.78, 5) is 25.7. The first-order valence-electron chi connectivity index (χ1n) is 10.9. The molecule has 1 unspecified atom stereocenters. The minimum atomic E-state index is -0.157. The summed E-state index contributed by atoms with van der Waals surface area (Å²) in [6.45, 7) is 2.19. The summed E-state index contributed by atoms with van der Waals surface area (Å²) in [6.07, 6.45) is 2.06. The zero-order chi connectivity index (χ0) is 23.0. The summed E-state index contributed by atoms with van der Waals surface area (Å²) in [7, 11) is 1.74. The van der Waals surface area contributed by atoms with Crippen LogP contribution < -0.4 is 10.1 Å². The summed E-state index contributed by atoms with van der Waals surface area (Å²) >= 11 is 1.36. The Labute approximate surface area is 197 Å². The number of amides is 1. The van der Waals surface area contributed by atoms with Crippen LogP contribution in [0, 0.1) is 11.3 Å². The lowest BCUT2D eigenvalue weighted by Gasteiger charge is -2.21. The van der Waals surface area contributed by atoms with Crippen LogP contribution in [0.5, 0.6) is 5.75 Å². The zero-order valence-corrected chi connectivity index (χ0v) is 19.3. The highest BCUT2D eigenvalue weighted by molar-refractivity contribution is 7.14. The zero-order valence-electron chi connectivity index (χ0n) is 18.5. The van der Waals surface area contributed by atoms with E-state index in [1.165, 1.54) is 11.3 Å². The van der Waals surface area contributed by atoms with Crippen LogP contribution in [-0.4, -0.2) is 59.0 Å². The lowest BCUT2D eigenvalue weighted by atomic mass is 10.1. The van der Waals surface area contributed by atoms with Gasteiger partial charge in [0.05, 0.1) is 30.9 Å². The smallest absolute Gasteiger partial charge is 0.273 e. The first-order valence-corrected chi connectivity index (χ1v) is 11.8. The number of ether oxygens (including phenoxy) is 1. The van der Waals surface area contributed by atoms with Crippen LogP contribution in [0.15, 0.2) is 53.9 Å². The van der Waals surface area contributed by atoms with Crippen LogP contribution >= 0.6 is 11.3 Å². The van der Waals surface area contributed by atoms with E-state index < -0.39 is 0 Å². The molecule has 4 rings (SSSR count). The predicted molar refractivity (Wildman–Crippen MR) is 128 cm³/mol. The molecular weight excluding hydrogens is 436 g/mol. The minimum absolute atomic E-state index is 0.157. The average molecular weight is 463 g/mol. The summed E-state index contributed by atoms with van der Waals surface area (Å²) in [5, 5.41) is 14.6. The largest absolute Gasteiger partial charge is 0.492 e. The maximum absolute atomic E-state index is 12.7. The monoisotopic (exact) mass is 462 g/mol. The highest BCUT2D eigenvalue weighted by Crippen LogP contribution is 2.31. The molecule has 1 aliphatic heterocycles. The number of benzene rings is 1. The van der Waals surface area contributed by atoms with Gasteiger partial charge >= 0.3 is 0 Å². The molecular formula is C24H26N6O2S. The van der Waals surface area contributed by atoms with E-state index in [0.29, 0.717) is 36.3 Å². The van der Waals surface area contributed by atoms with Gasteiger partial charge in [-0.1, -0.05) is 24.3 Å². The quantitative estimate of drug-likeness (QED) is 0.479. The number of hydrogen-bond donors (Lipinski definition) is 1. The second-order valence-electron chi connectivity index (χ2n) is 7.79. The van der Waals surface area contributed by atoms with Gasteiger partial charge in [-0.2, -0.15) is 5.26 Å². The van der Waals surface area contributed by atoms with E-state index in [-0.39, 0.29) is 11.9 Å². The first kappa shape index (κ1) is 22.7. The van der Waals surface area contributed by atoms with Gasteiger partial charge in [-0.15, -0.1) is 11.3 Å². The molecule has 1 N–H and O–H groups in total. The number of thiazole rings is 1. The highest BCUT2D eigenvalue weighted by atomic mass is 32.1. The molecule has 1 atom stereocenters. The highest BCUT2D eigenvalue weighted by Gasteiger charge is 2.26. The summed E-state index contributed by atoms with van der Waals surface area (Å²) < 4.78 is 5.67. The van der Waals surface area contributed by atoms with Gasteiger partial charge in [-0.05, 0) is 43.7 Å². The van der Waals surface area contributed by atoms with Crippen molar-refractivity contribution in [3.63, 3.8) is 0 Å². The van der Waals surface area contributed by atoms with E-state index >= 15 is 0 Å². The Kier molecular flexibility index (Phi) is 7.50. The average Bonchev–Trinajstić information content (AvgIpc) is 3.49. The summed E-state index contributed by atoms with van der Waals surface area (Å²) in [5.74, 6) is 1.30. The number of para-hydroxylation sites is 1. The molecule has 0 saturated carbocycles. The maximum atomic E-state index is 12.7. The second-order valence-corrected chi connectivity index (χ2v) is 8.64.